The van der Waals surface area contributed by atoms with Gasteiger partial charge in [0.2, 0.25) is 0 Å². The molecular weight excluding hydrogens is 198 g/mol. The zero-order valence-electron chi connectivity index (χ0n) is 10.4. The van der Waals surface area contributed by atoms with E-state index in [1.807, 2.05) is 19.2 Å². The molecule has 0 aliphatic heterocycles. The van der Waals surface area contributed by atoms with Crippen molar-refractivity contribution >= 4 is 5.78 Å². The van der Waals surface area contributed by atoms with Gasteiger partial charge in [-0.1, -0.05) is 38.1 Å². The number of carbonyl (C=O) groups excluding carboxylic acids is 1. The van der Waals surface area contributed by atoms with E-state index in [1.54, 1.807) is 0 Å². The first-order chi connectivity index (χ1) is 7.63. The highest BCUT2D eigenvalue weighted by atomic mass is 16.1. The average Bonchev–Trinajstić information content (AvgIpc) is 2.26. The van der Waals surface area contributed by atoms with Crippen LogP contribution in [-0.2, 0) is 6.42 Å². The highest BCUT2D eigenvalue weighted by Gasteiger charge is 2.05. The smallest absolute Gasteiger partial charge is 0.164 e. The summed E-state index contributed by atoms with van der Waals surface area (Å²) in [6.07, 6.45) is 1.64. The van der Waals surface area contributed by atoms with Crippen molar-refractivity contribution in [1.82, 2.24) is 5.32 Å². The third-order valence-electron chi connectivity index (χ3n) is 2.52. The van der Waals surface area contributed by atoms with Crippen LogP contribution in [0, 0.1) is 5.92 Å². The number of rotatable bonds is 6. The number of Topliss-reactive ketones (excluding diaryl/α,β-unsaturated/α-hetero) is 1. The molecule has 0 amide bonds. The molecule has 1 rings (SSSR count). The van der Waals surface area contributed by atoms with Crippen LogP contribution in [0.25, 0.3) is 0 Å². The van der Waals surface area contributed by atoms with Crippen molar-refractivity contribution in [3.63, 3.8) is 0 Å². The lowest BCUT2D eigenvalue weighted by molar-refractivity contribution is 0.0983. The van der Waals surface area contributed by atoms with Crippen LogP contribution in [0.1, 0.15) is 36.2 Å². The minimum Gasteiger partial charge on any atom is -0.319 e. The summed E-state index contributed by atoms with van der Waals surface area (Å²) in [4.78, 5) is 11.7. The van der Waals surface area contributed by atoms with Crippen LogP contribution in [0.15, 0.2) is 24.3 Å². The molecular formula is C14H21NO. The molecule has 0 fully saturated rings. The molecule has 0 aromatic heterocycles. The Bertz CT molecular complexity index is 327. The number of benzene rings is 1. The molecule has 0 bridgehead atoms. The van der Waals surface area contributed by atoms with Crippen molar-refractivity contribution in [2.75, 3.05) is 13.6 Å². The predicted octanol–water partition coefficient (Wildman–Crippen LogP) is 2.68. The van der Waals surface area contributed by atoms with Crippen LogP contribution < -0.4 is 5.32 Å². The van der Waals surface area contributed by atoms with Gasteiger partial charge in [0, 0.05) is 18.5 Å². The lowest BCUT2D eigenvalue weighted by Gasteiger charge is -2.06. The molecule has 2 nitrogen and oxygen atoms in total. The lowest BCUT2D eigenvalue weighted by Crippen LogP contribution is -2.13. The van der Waals surface area contributed by atoms with Gasteiger partial charge in [0.1, 0.15) is 0 Å². The summed E-state index contributed by atoms with van der Waals surface area (Å²) in [6.45, 7) is 5.14. The summed E-state index contributed by atoms with van der Waals surface area (Å²) >= 11 is 0. The largest absolute Gasteiger partial charge is 0.319 e. The summed E-state index contributed by atoms with van der Waals surface area (Å²) in [6, 6.07) is 8.00. The van der Waals surface area contributed by atoms with Crippen molar-refractivity contribution in [2.24, 2.45) is 5.92 Å². The highest BCUT2D eigenvalue weighted by Crippen LogP contribution is 2.10. The van der Waals surface area contributed by atoms with Crippen molar-refractivity contribution in [2.45, 2.75) is 26.7 Å². The summed E-state index contributed by atoms with van der Waals surface area (Å²) in [5.41, 5.74) is 2.13. The number of carbonyl (C=O) groups is 1. The molecule has 0 saturated heterocycles. The third-order valence-corrected chi connectivity index (χ3v) is 2.52. The maximum Gasteiger partial charge on any atom is 0.164 e. The van der Waals surface area contributed by atoms with E-state index in [-0.39, 0.29) is 5.78 Å². The van der Waals surface area contributed by atoms with Gasteiger partial charge in [-0.15, -0.1) is 0 Å². The van der Waals surface area contributed by atoms with E-state index >= 15 is 0 Å². The molecule has 1 aromatic carbocycles. The van der Waals surface area contributed by atoms with Gasteiger partial charge in [0.05, 0.1) is 0 Å². The monoisotopic (exact) mass is 219 g/mol. The Balaban J connectivity index is 2.60. The summed E-state index contributed by atoms with van der Waals surface area (Å²) in [7, 11) is 1.86. The summed E-state index contributed by atoms with van der Waals surface area (Å²) in [5.74, 6) is 0.872. The average molecular weight is 219 g/mol. The first-order valence-corrected chi connectivity index (χ1v) is 5.90. The number of hydrogen-bond acceptors (Lipinski definition) is 2. The zero-order valence-corrected chi connectivity index (χ0v) is 10.4. The Morgan fingerprint density at radius 1 is 1.25 bits per heavy atom. The fraction of sp³-hybridized carbons (Fsp3) is 0.500. The minimum atomic E-state index is 0.213. The molecule has 88 valence electrons. The van der Waals surface area contributed by atoms with E-state index < -0.39 is 0 Å². The second-order valence-corrected chi connectivity index (χ2v) is 4.57. The predicted molar refractivity (Wildman–Crippen MR) is 67.9 cm³/mol. The molecule has 0 heterocycles. The molecule has 0 radical (unpaired) electrons. The van der Waals surface area contributed by atoms with Crippen LogP contribution >= 0.6 is 0 Å². The van der Waals surface area contributed by atoms with Crippen LogP contribution in [0.4, 0.5) is 0 Å². The molecule has 16 heavy (non-hydrogen) atoms. The van der Waals surface area contributed by atoms with Crippen molar-refractivity contribution in [3.05, 3.63) is 35.4 Å². The molecule has 1 N–H and O–H groups in total. The Kier molecular flexibility index (Phi) is 5.20. The topological polar surface area (TPSA) is 29.1 Å². The number of ketones is 1. The Hall–Kier alpha value is -1.15. The molecule has 1 aromatic rings. The molecule has 0 spiro atoms. The molecule has 0 atom stereocenters. The summed E-state index contributed by atoms with van der Waals surface area (Å²) in [5, 5.41) is 2.99. The molecule has 0 aliphatic carbocycles. The van der Waals surface area contributed by atoms with Gasteiger partial charge >= 0.3 is 0 Å². The van der Waals surface area contributed by atoms with Crippen molar-refractivity contribution < 1.29 is 4.79 Å². The van der Waals surface area contributed by atoms with Gasteiger partial charge in [0.15, 0.2) is 5.78 Å². The SMILES string of the molecule is CNCCC(=O)c1ccc(CC(C)C)cc1. The standard InChI is InChI=1S/C14H21NO/c1-11(2)10-12-4-6-13(7-5-12)14(16)8-9-15-3/h4-7,11,15H,8-10H2,1-3H3. The highest BCUT2D eigenvalue weighted by molar-refractivity contribution is 5.96. The van der Waals surface area contributed by atoms with E-state index in [2.05, 4.69) is 31.3 Å². The lowest BCUT2D eigenvalue weighted by atomic mass is 10.00. The maximum atomic E-state index is 11.7. The van der Waals surface area contributed by atoms with Gasteiger partial charge in [-0.3, -0.25) is 4.79 Å². The van der Waals surface area contributed by atoms with E-state index in [4.69, 9.17) is 0 Å². The first kappa shape index (κ1) is 12.9. The van der Waals surface area contributed by atoms with Gasteiger partial charge in [-0.25, -0.2) is 0 Å². The maximum absolute atomic E-state index is 11.7. The number of nitrogens with one attached hydrogen (secondary N) is 1. The fourth-order valence-electron chi connectivity index (χ4n) is 1.68. The van der Waals surface area contributed by atoms with Crippen LogP contribution in [0.2, 0.25) is 0 Å². The second-order valence-electron chi connectivity index (χ2n) is 4.57. The Labute approximate surface area is 98.1 Å². The van der Waals surface area contributed by atoms with Gasteiger partial charge < -0.3 is 5.32 Å². The van der Waals surface area contributed by atoms with E-state index in [0.717, 1.165) is 18.5 Å². The first-order valence-electron chi connectivity index (χ1n) is 5.90. The Morgan fingerprint density at radius 2 is 1.88 bits per heavy atom. The zero-order chi connectivity index (χ0) is 12.0. The van der Waals surface area contributed by atoms with Gasteiger partial charge in [-0.2, -0.15) is 0 Å². The van der Waals surface area contributed by atoms with E-state index in [1.165, 1.54) is 5.56 Å². The van der Waals surface area contributed by atoms with Crippen molar-refractivity contribution in [3.8, 4) is 0 Å². The van der Waals surface area contributed by atoms with Gasteiger partial charge in [-0.05, 0) is 24.9 Å². The van der Waals surface area contributed by atoms with Gasteiger partial charge in [0.25, 0.3) is 0 Å². The fourth-order valence-corrected chi connectivity index (χ4v) is 1.68. The van der Waals surface area contributed by atoms with Crippen molar-refractivity contribution in [1.29, 1.82) is 0 Å². The molecule has 0 unspecified atom stereocenters. The second kappa shape index (κ2) is 6.44. The van der Waals surface area contributed by atoms with E-state index in [0.29, 0.717) is 12.3 Å². The third kappa shape index (κ3) is 4.15. The van der Waals surface area contributed by atoms with Crippen LogP contribution in [0.3, 0.4) is 0 Å². The molecule has 2 heteroatoms. The Morgan fingerprint density at radius 3 is 2.38 bits per heavy atom. The molecule has 0 aliphatic rings. The normalized spacial score (nSPS) is 10.8. The van der Waals surface area contributed by atoms with E-state index in [9.17, 15) is 4.79 Å². The number of hydrogen-bond donors (Lipinski definition) is 1. The summed E-state index contributed by atoms with van der Waals surface area (Å²) < 4.78 is 0. The minimum absolute atomic E-state index is 0.213. The molecule has 0 saturated carbocycles. The quantitative estimate of drug-likeness (QED) is 0.745. The van der Waals surface area contributed by atoms with Crippen LogP contribution in [-0.4, -0.2) is 19.4 Å². The van der Waals surface area contributed by atoms with Crippen LogP contribution in [0.5, 0.6) is 0 Å².